The molecule has 1 aromatic heterocycles. The van der Waals surface area contributed by atoms with E-state index in [2.05, 4.69) is 38.4 Å². The van der Waals surface area contributed by atoms with Crippen LogP contribution in [-0.2, 0) is 5.41 Å². The monoisotopic (exact) mass is 420 g/mol. The van der Waals surface area contributed by atoms with Gasteiger partial charge in [0.25, 0.3) is 5.56 Å². The summed E-state index contributed by atoms with van der Waals surface area (Å²) in [4.78, 5) is 17.7. The van der Waals surface area contributed by atoms with E-state index >= 15 is 0 Å². The van der Waals surface area contributed by atoms with E-state index in [1.165, 1.54) is 16.8 Å². The molecule has 3 aromatic rings. The zero-order chi connectivity index (χ0) is 20.3. The Morgan fingerprint density at radius 2 is 1.80 bits per heavy atom. The minimum absolute atomic E-state index is 0.205. The number of fused-ring (bicyclic) bond motifs is 7. The lowest BCUT2D eigenvalue weighted by Gasteiger charge is -2.34. The van der Waals surface area contributed by atoms with E-state index in [0.717, 1.165) is 63.2 Å². The maximum absolute atomic E-state index is 13.0. The number of benzene rings is 2. The first-order valence-corrected chi connectivity index (χ1v) is 11.3. The Balaban J connectivity index is 1.65. The Morgan fingerprint density at radius 1 is 1.03 bits per heavy atom. The second-order valence-corrected chi connectivity index (χ2v) is 9.25. The lowest BCUT2D eigenvalue weighted by molar-refractivity contribution is 0.354. The Labute approximate surface area is 180 Å². The molecule has 2 saturated heterocycles. The summed E-state index contributed by atoms with van der Waals surface area (Å²) in [6.45, 7) is 4.00. The number of nitrogens with one attached hydrogen (secondary N) is 2. The molecule has 2 aromatic carbocycles. The minimum atomic E-state index is -0.217. The van der Waals surface area contributed by atoms with Crippen LogP contribution < -0.4 is 16.2 Å². The van der Waals surface area contributed by atoms with Gasteiger partial charge in [0.1, 0.15) is 5.82 Å². The van der Waals surface area contributed by atoms with Gasteiger partial charge in [0.2, 0.25) is 0 Å². The number of hydrogen-bond donors (Lipinski definition) is 2. The van der Waals surface area contributed by atoms with Gasteiger partial charge >= 0.3 is 0 Å². The highest BCUT2D eigenvalue weighted by atomic mass is 35.5. The number of halogens is 1. The summed E-state index contributed by atoms with van der Waals surface area (Å²) in [6, 6.07) is 12.7. The third-order valence-electron chi connectivity index (χ3n) is 7.34. The van der Waals surface area contributed by atoms with Gasteiger partial charge in [-0.1, -0.05) is 29.8 Å². The van der Waals surface area contributed by atoms with Crippen molar-refractivity contribution in [3.05, 3.63) is 68.7 Å². The molecular weight excluding hydrogens is 396 g/mol. The third kappa shape index (κ3) is 2.55. The molecule has 3 aliphatic rings. The van der Waals surface area contributed by atoms with Gasteiger partial charge in [0, 0.05) is 0 Å². The fourth-order valence-corrected chi connectivity index (χ4v) is 6.06. The van der Waals surface area contributed by atoms with Gasteiger partial charge in [-0.25, -0.2) is 0 Å². The van der Waals surface area contributed by atoms with Crippen LogP contribution >= 0.6 is 11.6 Å². The van der Waals surface area contributed by atoms with Crippen molar-refractivity contribution in [2.75, 3.05) is 26.2 Å². The molecule has 0 aliphatic carbocycles. The van der Waals surface area contributed by atoms with Crippen molar-refractivity contribution in [1.29, 1.82) is 0 Å². The van der Waals surface area contributed by atoms with Gasteiger partial charge in [-0.3, -0.25) is 9.36 Å². The van der Waals surface area contributed by atoms with Crippen molar-refractivity contribution in [1.82, 2.24) is 20.2 Å². The molecule has 0 radical (unpaired) electrons. The number of aromatic nitrogens is 2. The molecular formula is C24H25ClN4O. The summed E-state index contributed by atoms with van der Waals surface area (Å²) in [7, 11) is 0. The molecule has 0 amide bonds. The van der Waals surface area contributed by atoms with Crippen molar-refractivity contribution in [2.24, 2.45) is 0 Å². The van der Waals surface area contributed by atoms with Crippen LogP contribution in [0.2, 0.25) is 5.02 Å². The van der Waals surface area contributed by atoms with Crippen LogP contribution in [0, 0.1) is 0 Å². The van der Waals surface area contributed by atoms with E-state index in [4.69, 9.17) is 11.6 Å². The van der Waals surface area contributed by atoms with Crippen LogP contribution in [0.4, 0.5) is 0 Å². The fraction of sp³-hybridized carbons (Fsp3) is 0.417. The molecule has 2 fully saturated rings. The van der Waals surface area contributed by atoms with E-state index < -0.39 is 0 Å². The molecule has 6 heteroatoms. The van der Waals surface area contributed by atoms with Crippen LogP contribution in [0.3, 0.4) is 0 Å². The fourth-order valence-electron chi connectivity index (χ4n) is 5.81. The predicted octanol–water partition coefficient (Wildman–Crippen LogP) is 3.49. The maximum Gasteiger partial charge on any atom is 0.282 e. The topological polar surface area (TPSA) is 59.0 Å². The molecule has 6 rings (SSSR count). The van der Waals surface area contributed by atoms with E-state index in [1.54, 1.807) is 6.07 Å². The maximum atomic E-state index is 13.0. The van der Waals surface area contributed by atoms with Crippen LogP contribution in [0.1, 0.15) is 48.6 Å². The van der Waals surface area contributed by atoms with Gasteiger partial charge in [0.15, 0.2) is 0 Å². The molecule has 30 heavy (non-hydrogen) atoms. The smallest absolute Gasteiger partial charge is 0.282 e. The highest BCUT2D eigenvalue weighted by Crippen LogP contribution is 2.49. The zero-order valence-electron chi connectivity index (χ0n) is 16.9. The molecule has 0 unspecified atom stereocenters. The second kappa shape index (κ2) is 6.91. The first kappa shape index (κ1) is 18.6. The Morgan fingerprint density at radius 3 is 2.60 bits per heavy atom. The van der Waals surface area contributed by atoms with Crippen molar-refractivity contribution in [3.63, 3.8) is 0 Å². The number of piperidine rings is 2. The lowest BCUT2D eigenvalue weighted by atomic mass is 9.73. The van der Waals surface area contributed by atoms with Crippen molar-refractivity contribution in [3.8, 4) is 5.69 Å². The van der Waals surface area contributed by atoms with Crippen LogP contribution in [0.5, 0.6) is 0 Å². The SMILES string of the molecule is O=c1nc2n(c3cccc(Cl)c13)-c1cc(C3CCNCC3)ccc1C21CCNCC1. The molecule has 154 valence electrons. The first-order chi connectivity index (χ1) is 14.7. The van der Waals surface area contributed by atoms with Crippen molar-refractivity contribution in [2.45, 2.75) is 37.0 Å². The number of nitrogens with zero attached hydrogens (tertiary/aromatic N) is 2. The van der Waals surface area contributed by atoms with Gasteiger partial charge in [-0.05, 0) is 87.1 Å². The van der Waals surface area contributed by atoms with Crippen LogP contribution in [0.25, 0.3) is 16.6 Å². The van der Waals surface area contributed by atoms with E-state index in [9.17, 15) is 4.79 Å². The normalized spacial score (nSPS) is 20.4. The van der Waals surface area contributed by atoms with E-state index in [-0.39, 0.29) is 11.0 Å². The van der Waals surface area contributed by atoms with E-state index in [0.29, 0.717) is 16.3 Å². The molecule has 0 saturated carbocycles. The summed E-state index contributed by atoms with van der Waals surface area (Å²) in [5.41, 5.74) is 4.33. The highest BCUT2D eigenvalue weighted by molar-refractivity contribution is 6.35. The number of rotatable bonds is 1. The molecule has 5 nitrogen and oxygen atoms in total. The molecule has 1 spiro atoms. The second-order valence-electron chi connectivity index (χ2n) is 8.84. The van der Waals surface area contributed by atoms with Gasteiger partial charge in [-0.15, -0.1) is 0 Å². The summed E-state index contributed by atoms with van der Waals surface area (Å²) in [5.74, 6) is 1.47. The summed E-state index contributed by atoms with van der Waals surface area (Å²) in [5, 5.41) is 7.94. The standard InChI is InChI=1S/C24H25ClN4O/c25-18-2-1-3-19-21(18)22(30)28-23-24(8-12-27-13-9-24)17-5-4-16(14-20(17)29(19)23)15-6-10-26-11-7-15/h1-5,14-15,26-27H,6-13H2. The molecule has 0 atom stereocenters. The van der Waals surface area contributed by atoms with Gasteiger partial charge in [0.05, 0.1) is 27.0 Å². The van der Waals surface area contributed by atoms with Crippen LogP contribution in [-0.4, -0.2) is 35.7 Å². The van der Waals surface area contributed by atoms with Gasteiger partial charge in [-0.2, -0.15) is 4.98 Å². The Hall–Kier alpha value is -2.21. The molecule has 0 bridgehead atoms. The summed E-state index contributed by atoms with van der Waals surface area (Å²) in [6.07, 6.45) is 4.22. The largest absolute Gasteiger partial charge is 0.317 e. The third-order valence-corrected chi connectivity index (χ3v) is 7.65. The quantitative estimate of drug-likeness (QED) is 0.632. The van der Waals surface area contributed by atoms with Crippen LogP contribution in [0.15, 0.2) is 41.2 Å². The molecule has 2 N–H and O–H groups in total. The predicted molar refractivity (Wildman–Crippen MR) is 120 cm³/mol. The van der Waals surface area contributed by atoms with Gasteiger partial charge < -0.3 is 10.6 Å². The zero-order valence-corrected chi connectivity index (χ0v) is 17.6. The summed E-state index contributed by atoms with van der Waals surface area (Å²) < 4.78 is 2.23. The lowest BCUT2D eigenvalue weighted by Crippen LogP contribution is -2.41. The average Bonchev–Trinajstić information content (AvgIpc) is 3.04. The minimum Gasteiger partial charge on any atom is -0.317 e. The Bertz CT molecular complexity index is 1210. The van der Waals surface area contributed by atoms with E-state index in [1.807, 2.05) is 12.1 Å². The average molecular weight is 421 g/mol. The summed E-state index contributed by atoms with van der Waals surface area (Å²) >= 11 is 6.45. The molecule has 3 aliphatic heterocycles. The number of hydrogen-bond acceptors (Lipinski definition) is 4. The Kier molecular flexibility index (Phi) is 4.27. The first-order valence-electron chi connectivity index (χ1n) is 11.0. The molecule has 4 heterocycles. The van der Waals surface area contributed by atoms with Crippen molar-refractivity contribution < 1.29 is 0 Å². The van der Waals surface area contributed by atoms with Crippen molar-refractivity contribution >= 4 is 22.5 Å². The highest BCUT2D eigenvalue weighted by Gasteiger charge is 2.46.